The largest absolute Gasteiger partial charge is 0.337 e. The average Bonchev–Trinajstić information content (AvgIpc) is 2.62. The fourth-order valence-electron chi connectivity index (χ4n) is 1.36. The van der Waals surface area contributed by atoms with Gasteiger partial charge in [0.25, 0.3) is 5.69 Å². The summed E-state index contributed by atoms with van der Waals surface area (Å²) in [4.78, 5) is 19.8. The molecule has 0 aromatic heterocycles. The quantitative estimate of drug-likeness (QED) is 0.410. The van der Waals surface area contributed by atoms with Crippen LogP contribution in [0.3, 0.4) is 0 Å². The van der Waals surface area contributed by atoms with Gasteiger partial charge in [-0.2, -0.15) is 4.89 Å². The summed E-state index contributed by atoms with van der Waals surface area (Å²) >= 11 is 0. The molecule has 1 heterocycles. The van der Waals surface area contributed by atoms with Crippen LogP contribution in [-0.4, -0.2) is 4.92 Å². The third-order valence-electron chi connectivity index (χ3n) is 2.08. The van der Waals surface area contributed by atoms with Crippen molar-refractivity contribution >= 4 is 5.69 Å². The molecule has 1 aliphatic rings. The molecule has 0 unspecified atom stereocenters. The van der Waals surface area contributed by atoms with Crippen molar-refractivity contribution in [2.24, 2.45) is 0 Å². The normalized spacial score (nSPS) is 13.5. The maximum Gasteiger partial charge on any atom is 0.273 e. The second-order valence-electron chi connectivity index (χ2n) is 2.91. The fraction of sp³-hybridized carbons (Fsp3) is 0.222. The van der Waals surface area contributed by atoms with Crippen LogP contribution in [0.15, 0.2) is 12.1 Å². The number of nitro groups is 1. The molecule has 5 nitrogen and oxygen atoms in total. The predicted molar refractivity (Wildman–Crippen MR) is 47.6 cm³/mol. The molecule has 0 fully saturated rings. The minimum atomic E-state index is -0.409. The van der Waals surface area contributed by atoms with Crippen molar-refractivity contribution < 1.29 is 14.7 Å². The van der Waals surface area contributed by atoms with E-state index in [0.29, 0.717) is 16.9 Å². The molecule has 0 spiro atoms. The summed E-state index contributed by atoms with van der Waals surface area (Å²) in [7, 11) is 0. The zero-order valence-electron chi connectivity index (χ0n) is 7.52. The molecule has 73 valence electrons. The van der Waals surface area contributed by atoms with Gasteiger partial charge >= 0.3 is 0 Å². The molecule has 1 aromatic carbocycles. The lowest BCUT2D eigenvalue weighted by Crippen LogP contribution is -1.94. The maximum absolute atomic E-state index is 10.7. The van der Waals surface area contributed by atoms with E-state index < -0.39 is 4.92 Å². The van der Waals surface area contributed by atoms with Crippen molar-refractivity contribution in [2.75, 3.05) is 0 Å². The Morgan fingerprint density at radius 1 is 1.57 bits per heavy atom. The van der Waals surface area contributed by atoms with Crippen LogP contribution in [0.4, 0.5) is 5.69 Å². The minimum absolute atomic E-state index is 0.0837. The molecule has 0 saturated carbocycles. The van der Waals surface area contributed by atoms with E-state index in [4.69, 9.17) is 9.78 Å². The summed E-state index contributed by atoms with van der Waals surface area (Å²) in [6, 6.07) is 3.10. The van der Waals surface area contributed by atoms with Gasteiger partial charge in [0.2, 0.25) is 0 Å². The molecular formula is C9H8NO4. The van der Waals surface area contributed by atoms with Crippen molar-refractivity contribution in [3.05, 3.63) is 39.8 Å². The Labute approximate surface area is 80.3 Å². The summed E-state index contributed by atoms with van der Waals surface area (Å²) in [5.74, 6) is 0.559. The van der Waals surface area contributed by atoms with Crippen LogP contribution in [0.1, 0.15) is 18.1 Å². The van der Waals surface area contributed by atoms with Crippen LogP contribution in [0.2, 0.25) is 0 Å². The molecule has 1 radical (unpaired) electrons. The Balaban J connectivity index is 2.54. The average molecular weight is 194 g/mol. The highest BCUT2D eigenvalue weighted by atomic mass is 17.2. The van der Waals surface area contributed by atoms with Gasteiger partial charge in [0.15, 0.2) is 5.75 Å². The van der Waals surface area contributed by atoms with Crippen LogP contribution in [0.5, 0.6) is 5.75 Å². The SMILES string of the molecule is C[CH]c1cc2c(cc1[N+](=O)[O-])COO2. The van der Waals surface area contributed by atoms with Gasteiger partial charge < -0.3 is 4.89 Å². The first-order valence-electron chi connectivity index (χ1n) is 4.12. The van der Waals surface area contributed by atoms with Gasteiger partial charge in [0.05, 0.1) is 4.92 Å². The smallest absolute Gasteiger partial charge is 0.273 e. The summed E-state index contributed by atoms with van der Waals surface area (Å²) in [6.45, 7) is 2.00. The van der Waals surface area contributed by atoms with Gasteiger partial charge in [-0.3, -0.25) is 10.1 Å². The molecule has 0 saturated heterocycles. The lowest BCUT2D eigenvalue weighted by atomic mass is 10.1. The lowest BCUT2D eigenvalue weighted by molar-refractivity contribution is -0.385. The molecule has 0 atom stereocenters. The van der Waals surface area contributed by atoms with Gasteiger partial charge in [0.1, 0.15) is 6.61 Å². The van der Waals surface area contributed by atoms with Crippen molar-refractivity contribution in [2.45, 2.75) is 13.5 Å². The zero-order valence-corrected chi connectivity index (χ0v) is 7.52. The molecule has 0 aliphatic carbocycles. The second kappa shape index (κ2) is 3.26. The van der Waals surface area contributed by atoms with E-state index in [-0.39, 0.29) is 12.3 Å². The second-order valence-corrected chi connectivity index (χ2v) is 2.91. The molecule has 1 aromatic rings. The third-order valence-corrected chi connectivity index (χ3v) is 2.08. The maximum atomic E-state index is 10.7. The fourth-order valence-corrected chi connectivity index (χ4v) is 1.36. The van der Waals surface area contributed by atoms with Crippen molar-refractivity contribution in [3.8, 4) is 5.75 Å². The number of benzene rings is 1. The molecule has 0 N–H and O–H groups in total. The first kappa shape index (κ1) is 8.96. The number of hydrogen-bond donors (Lipinski definition) is 0. The highest BCUT2D eigenvalue weighted by Gasteiger charge is 2.22. The van der Waals surface area contributed by atoms with Gasteiger partial charge in [-0.15, -0.1) is 0 Å². The molecule has 14 heavy (non-hydrogen) atoms. The highest BCUT2D eigenvalue weighted by Crippen LogP contribution is 2.33. The highest BCUT2D eigenvalue weighted by molar-refractivity contribution is 5.53. The first-order chi connectivity index (χ1) is 6.72. The molecule has 0 amide bonds. The standard InChI is InChI=1S/C9H8NO4/c1-2-6-4-9-7(5-13-14-9)3-8(6)10(11)12/h2-4H,5H2,1H3. The first-order valence-corrected chi connectivity index (χ1v) is 4.12. The molecule has 2 rings (SSSR count). The van der Waals surface area contributed by atoms with E-state index >= 15 is 0 Å². The zero-order chi connectivity index (χ0) is 10.1. The number of rotatable bonds is 2. The van der Waals surface area contributed by atoms with Gasteiger partial charge in [-0.1, -0.05) is 6.92 Å². The molecule has 1 aliphatic heterocycles. The number of nitro benzene ring substituents is 1. The Hall–Kier alpha value is -1.62. The monoisotopic (exact) mass is 194 g/mol. The van der Waals surface area contributed by atoms with E-state index in [9.17, 15) is 10.1 Å². The summed E-state index contributed by atoms with van der Waals surface area (Å²) in [6.07, 6.45) is 1.67. The Kier molecular flexibility index (Phi) is 2.09. The minimum Gasteiger partial charge on any atom is -0.337 e. The van der Waals surface area contributed by atoms with Crippen molar-refractivity contribution in [3.63, 3.8) is 0 Å². The van der Waals surface area contributed by atoms with E-state index in [1.165, 1.54) is 6.07 Å². The van der Waals surface area contributed by atoms with E-state index in [1.54, 1.807) is 19.4 Å². The molecule has 5 heteroatoms. The summed E-state index contributed by atoms with van der Waals surface area (Å²) in [5, 5.41) is 10.7. The number of hydrogen-bond acceptors (Lipinski definition) is 4. The third kappa shape index (κ3) is 1.31. The summed E-state index contributed by atoms with van der Waals surface area (Å²) in [5.41, 5.74) is 1.34. The van der Waals surface area contributed by atoms with Crippen LogP contribution in [-0.2, 0) is 11.5 Å². The van der Waals surface area contributed by atoms with Crippen LogP contribution >= 0.6 is 0 Å². The van der Waals surface area contributed by atoms with E-state index in [0.717, 1.165) is 0 Å². The van der Waals surface area contributed by atoms with Crippen LogP contribution in [0.25, 0.3) is 0 Å². The van der Waals surface area contributed by atoms with Crippen LogP contribution < -0.4 is 4.89 Å². The number of nitrogens with zero attached hydrogens (tertiary/aromatic N) is 1. The van der Waals surface area contributed by atoms with Gasteiger partial charge in [-0.25, -0.2) is 0 Å². The topological polar surface area (TPSA) is 61.6 Å². The van der Waals surface area contributed by atoms with Crippen LogP contribution in [0, 0.1) is 16.5 Å². The summed E-state index contributed by atoms with van der Waals surface area (Å²) < 4.78 is 0. The predicted octanol–water partition coefficient (Wildman–Crippen LogP) is 1.99. The molecule has 0 bridgehead atoms. The molecular weight excluding hydrogens is 186 g/mol. The van der Waals surface area contributed by atoms with Gasteiger partial charge in [0, 0.05) is 17.2 Å². The Morgan fingerprint density at radius 3 is 3.00 bits per heavy atom. The Morgan fingerprint density at radius 2 is 2.36 bits per heavy atom. The van der Waals surface area contributed by atoms with Crippen molar-refractivity contribution in [1.82, 2.24) is 0 Å². The number of fused-ring (bicyclic) bond motifs is 1. The van der Waals surface area contributed by atoms with Gasteiger partial charge in [-0.05, 0) is 12.5 Å². The lowest BCUT2D eigenvalue weighted by Gasteiger charge is -2.01. The Bertz CT molecular complexity index is 389. The van der Waals surface area contributed by atoms with Crippen molar-refractivity contribution in [1.29, 1.82) is 0 Å². The van der Waals surface area contributed by atoms with E-state index in [2.05, 4.69) is 0 Å². The van der Waals surface area contributed by atoms with E-state index in [1.807, 2.05) is 0 Å².